The molecule has 0 rings (SSSR count). The lowest BCUT2D eigenvalue weighted by Gasteiger charge is -2.06. The van der Waals surface area contributed by atoms with Gasteiger partial charge < -0.3 is 9.47 Å². The van der Waals surface area contributed by atoms with Crippen LogP contribution >= 0.6 is 0 Å². The van der Waals surface area contributed by atoms with Crippen LogP contribution in [0.2, 0.25) is 0 Å². The minimum Gasteiger partial charge on any atom is -0.434 e. The number of rotatable bonds is 34. The highest BCUT2D eigenvalue weighted by molar-refractivity contribution is 5.59. The molecule has 0 atom stereocenters. The molecule has 3 heteroatoms. The molecule has 0 radical (unpaired) electrons. The first-order valence-electron chi connectivity index (χ1n) is 18.9. The second-order valence-electron chi connectivity index (χ2n) is 12.5. The standard InChI is InChI=1S/C39H74O3/c1-3-5-7-9-11-13-15-17-19-21-22-24-26-28-30-32-34-36-38-42-39(40)41-37-35-33-31-29-27-25-23-20-18-16-14-12-10-8-6-4-2/h12,14,18,20H,3-11,13,15-17,19,21-38H2,1-2H3. The molecule has 0 spiro atoms. The normalized spacial score (nSPS) is 11.7. The fraction of sp³-hybridized carbons (Fsp3) is 0.872. The molecule has 248 valence electrons. The van der Waals surface area contributed by atoms with Gasteiger partial charge in [-0.3, -0.25) is 0 Å². The summed E-state index contributed by atoms with van der Waals surface area (Å²) >= 11 is 0. The Morgan fingerprint density at radius 1 is 0.381 bits per heavy atom. The summed E-state index contributed by atoms with van der Waals surface area (Å²) in [4.78, 5) is 11.7. The summed E-state index contributed by atoms with van der Waals surface area (Å²) in [5.74, 6) is 0. The third-order valence-corrected chi connectivity index (χ3v) is 8.28. The van der Waals surface area contributed by atoms with E-state index in [4.69, 9.17) is 9.47 Å². The highest BCUT2D eigenvalue weighted by Crippen LogP contribution is 2.14. The van der Waals surface area contributed by atoms with Gasteiger partial charge in [-0.25, -0.2) is 4.79 Å². The first-order chi connectivity index (χ1) is 20.8. The predicted octanol–water partition coefficient (Wildman–Crippen LogP) is 14.0. The van der Waals surface area contributed by atoms with Gasteiger partial charge in [0.2, 0.25) is 0 Å². The zero-order chi connectivity index (χ0) is 30.4. The van der Waals surface area contributed by atoms with E-state index in [1.54, 1.807) is 0 Å². The highest BCUT2D eigenvalue weighted by atomic mass is 16.7. The maximum atomic E-state index is 11.7. The second-order valence-corrected chi connectivity index (χ2v) is 12.5. The van der Waals surface area contributed by atoms with Crippen molar-refractivity contribution in [2.24, 2.45) is 0 Å². The van der Waals surface area contributed by atoms with Gasteiger partial charge in [0.15, 0.2) is 0 Å². The summed E-state index contributed by atoms with van der Waals surface area (Å²) in [5, 5.41) is 0. The molecule has 0 aliphatic rings. The molecule has 0 bridgehead atoms. The molecule has 0 saturated carbocycles. The van der Waals surface area contributed by atoms with Gasteiger partial charge in [-0.1, -0.05) is 186 Å². The van der Waals surface area contributed by atoms with E-state index in [2.05, 4.69) is 38.2 Å². The van der Waals surface area contributed by atoms with Gasteiger partial charge in [-0.2, -0.15) is 0 Å². The number of unbranched alkanes of at least 4 members (excludes halogenated alkanes) is 26. The van der Waals surface area contributed by atoms with E-state index < -0.39 is 6.16 Å². The van der Waals surface area contributed by atoms with Crippen LogP contribution < -0.4 is 0 Å². The maximum Gasteiger partial charge on any atom is 0.508 e. The summed E-state index contributed by atoms with van der Waals surface area (Å²) < 4.78 is 10.5. The van der Waals surface area contributed by atoms with E-state index in [0.717, 1.165) is 32.1 Å². The van der Waals surface area contributed by atoms with Crippen LogP contribution in [-0.2, 0) is 9.47 Å². The summed E-state index contributed by atoms with van der Waals surface area (Å²) in [6.45, 7) is 5.54. The fourth-order valence-corrected chi connectivity index (χ4v) is 5.45. The molecular weight excluding hydrogens is 516 g/mol. The van der Waals surface area contributed by atoms with Gasteiger partial charge in [0, 0.05) is 0 Å². The van der Waals surface area contributed by atoms with Crippen LogP contribution in [-0.4, -0.2) is 19.4 Å². The van der Waals surface area contributed by atoms with E-state index in [0.29, 0.717) is 13.2 Å². The first-order valence-corrected chi connectivity index (χ1v) is 18.9. The van der Waals surface area contributed by atoms with Crippen LogP contribution in [0.1, 0.15) is 206 Å². The molecule has 0 aromatic heterocycles. The topological polar surface area (TPSA) is 35.5 Å². The molecule has 0 N–H and O–H groups in total. The lowest BCUT2D eigenvalue weighted by Crippen LogP contribution is -2.09. The molecule has 0 aromatic rings. The summed E-state index contributed by atoms with van der Waals surface area (Å²) in [7, 11) is 0. The average molecular weight is 591 g/mol. The Bertz CT molecular complexity index is 568. The Kier molecular flexibility index (Phi) is 36.7. The van der Waals surface area contributed by atoms with Crippen LogP contribution in [0.4, 0.5) is 4.79 Å². The van der Waals surface area contributed by atoms with Gasteiger partial charge in [-0.15, -0.1) is 0 Å². The number of carbonyl (C=O) groups is 1. The van der Waals surface area contributed by atoms with E-state index in [1.165, 1.54) is 161 Å². The molecule has 42 heavy (non-hydrogen) atoms. The van der Waals surface area contributed by atoms with Crippen molar-refractivity contribution < 1.29 is 14.3 Å². The van der Waals surface area contributed by atoms with Crippen molar-refractivity contribution in [2.75, 3.05) is 13.2 Å². The lowest BCUT2D eigenvalue weighted by atomic mass is 10.0. The predicted molar refractivity (Wildman–Crippen MR) is 185 cm³/mol. The van der Waals surface area contributed by atoms with Gasteiger partial charge in [0.25, 0.3) is 0 Å². The van der Waals surface area contributed by atoms with Crippen molar-refractivity contribution in [1.82, 2.24) is 0 Å². The third-order valence-electron chi connectivity index (χ3n) is 8.28. The smallest absolute Gasteiger partial charge is 0.434 e. The summed E-state index contributed by atoms with van der Waals surface area (Å²) in [6, 6.07) is 0. The van der Waals surface area contributed by atoms with Crippen LogP contribution in [0.5, 0.6) is 0 Å². The van der Waals surface area contributed by atoms with Crippen molar-refractivity contribution in [3.05, 3.63) is 24.3 Å². The summed E-state index contributed by atoms with van der Waals surface area (Å²) in [6.07, 6.45) is 47.9. The molecule has 0 unspecified atom stereocenters. The second kappa shape index (κ2) is 37.8. The van der Waals surface area contributed by atoms with Crippen molar-refractivity contribution in [1.29, 1.82) is 0 Å². The van der Waals surface area contributed by atoms with Gasteiger partial charge in [-0.05, 0) is 44.9 Å². The Morgan fingerprint density at radius 2 is 0.667 bits per heavy atom. The van der Waals surface area contributed by atoms with E-state index in [-0.39, 0.29) is 0 Å². The minimum absolute atomic E-state index is 0.482. The zero-order valence-electron chi connectivity index (χ0n) is 28.7. The van der Waals surface area contributed by atoms with Crippen LogP contribution in [0, 0.1) is 0 Å². The average Bonchev–Trinajstić information content (AvgIpc) is 3.00. The number of carbonyl (C=O) groups excluding carboxylic acids is 1. The molecule has 0 fully saturated rings. The first kappa shape index (κ1) is 40.8. The lowest BCUT2D eigenvalue weighted by molar-refractivity contribution is 0.0529. The van der Waals surface area contributed by atoms with E-state index in [1.807, 2.05) is 0 Å². The quantitative estimate of drug-likeness (QED) is 0.0425. The Balaban J connectivity index is 3.20. The monoisotopic (exact) mass is 591 g/mol. The van der Waals surface area contributed by atoms with E-state index >= 15 is 0 Å². The van der Waals surface area contributed by atoms with Crippen LogP contribution in [0.25, 0.3) is 0 Å². The summed E-state index contributed by atoms with van der Waals surface area (Å²) in [5.41, 5.74) is 0. The Hall–Kier alpha value is -1.25. The molecule has 0 aromatic carbocycles. The third kappa shape index (κ3) is 36.8. The van der Waals surface area contributed by atoms with Gasteiger partial charge in [0.05, 0.1) is 13.2 Å². The Labute approximate surface area is 264 Å². The molecule has 3 nitrogen and oxygen atoms in total. The number of hydrogen-bond donors (Lipinski definition) is 0. The van der Waals surface area contributed by atoms with Crippen molar-refractivity contribution in [2.45, 2.75) is 206 Å². The van der Waals surface area contributed by atoms with E-state index in [9.17, 15) is 4.79 Å². The molecule has 0 heterocycles. The van der Waals surface area contributed by atoms with Gasteiger partial charge >= 0.3 is 6.16 Å². The molecule has 0 aliphatic carbocycles. The molecule has 0 saturated heterocycles. The van der Waals surface area contributed by atoms with Crippen molar-refractivity contribution >= 4 is 6.16 Å². The Morgan fingerprint density at radius 3 is 1.05 bits per heavy atom. The molecule has 0 aliphatic heterocycles. The van der Waals surface area contributed by atoms with Gasteiger partial charge in [0.1, 0.15) is 0 Å². The van der Waals surface area contributed by atoms with Crippen molar-refractivity contribution in [3.63, 3.8) is 0 Å². The van der Waals surface area contributed by atoms with Crippen LogP contribution in [0.3, 0.4) is 0 Å². The SMILES string of the molecule is CCCCCC=CCC=CCCCCCCCCOC(=O)OCCCCCCCCCCCCCCCCCCCC. The maximum absolute atomic E-state index is 11.7. The molecular formula is C39H74O3. The van der Waals surface area contributed by atoms with Crippen LogP contribution in [0.15, 0.2) is 24.3 Å². The molecule has 0 amide bonds. The number of hydrogen-bond acceptors (Lipinski definition) is 3. The minimum atomic E-state index is -0.482. The number of allylic oxidation sites excluding steroid dienone is 4. The fourth-order valence-electron chi connectivity index (χ4n) is 5.45. The zero-order valence-corrected chi connectivity index (χ0v) is 28.7. The van der Waals surface area contributed by atoms with Crippen molar-refractivity contribution in [3.8, 4) is 0 Å². The number of ether oxygens (including phenoxy) is 2. The largest absolute Gasteiger partial charge is 0.508 e. The highest BCUT2D eigenvalue weighted by Gasteiger charge is 2.03.